The molecule has 2 rings (SSSR count). The van der Waals surface area contributed by atoms with Crippen LogP contribution in [0.3, 0.4) is 0 Å². The van der Waals surface area contributed by atoms with E-state index in [2.05, 4.69) is 6.92 Å². The number of hydrogen-bond acceptors (Lipinski definition) is 3. The molecule has 17 heavy (non-hydrogen) atoms. The van der Waals surface area contributed by atoms with Gasteiger partial charge in [-0.15, -0.1) is 0 Å². The molecule has 0 amide bonds. The maximum Gasteiger partial charge on any atom is 0.379 e. The Kier molecular flexibility index (Phi) is 3.27. The molecule has 0 aromatic heterocycles. The number of ether oxygens (including phenoxy) is 1. The van der Waals surface area contributed by atoms with Crippen molar-refractivity contribution in [1.29, 1.82) is 0 Å². The van der Waals surface area contributed by atoms with E-state index in [1.807, 2.05) is 12.1 Å². The van der Waals surface area contributed by atoms with Crippen LogP contribution in [0.5, 0.6) is 0 Å². The molecular formula is C14H16O3. The summed E-state index contributed by atoms with van der Waals surface area (Å²) >= 11 is 0. The SMILES string of the molecule is CCOC(=O)C(=O)c1ccc2c(c1)C(C)CC2. The molecule has 1 atom stereocenters. The fourth-order valence-corrected chi connectivity index (χ4v) is 2.26. The zero-order chi connectivity index (χ0) is 12.4. The van der Waals surface area contributed by atoms with Gasteiger partial charge in [0.25, 0.3) is 5.78 Å². The second-order valence-electron chi connectivity index (χ2n) is 4.40. The largest absolute Gasteiger partial charge is 0.460 e. The minimum Gasteiger partial charge on any atom is -0.460 e. The summed E-state index contributed by atoms with van der Waals surface area (Å²) < 4.78 is 4.72. The highest BCUT2D eigenvalue weighted by molar-refractivity contribution is 6.40. The summed E-state index contributed by atoms with van der Waals surface area (Å²) in [7, 11) is 0. The molecule has 0 heterocycles. The summed E-state index contributed by atoms with van der Waals surface area (Å²) in [5.74, 6) is -0.841. The fourth-order valence-electron chi connectivity index (χ4n) is 2.26. The maximum absolute atomic E-state index is 11.8. The molecule has 0 aliphatic heterocycles. The number of hydrogen-bond donors (Lipinski definition) is 0. The molecule has 1 aromatic rings. The Morgan fingerprint density at radius 2 is 2.18 bits per heavy atom. The number of fused-ring (bicyclic) bond motifs is 1. The maximum atomic E-state index is 11.8. The first-order chi connectivity index (χ1) is 8.13. The van der Waals surface area contributed by atoms with Crippen LogP contribution in [-0.4, -0.2) is 18.4 Å². The van der Waals surface area contributed by atoms with Gasteiger partial charge in [-0.1, -0.05) is 19.1 Å². The van der Waals surface area contributed by atoms with Gasteiger partial charge in [-0.2, -0.15) is 0 Å². The predicted octanol–water partition coefficient (Wildman–Crippen LogP) is 2.48. The molecule has 1 aromatic carbocycles. The molecule has 0 N–H and O–H groups in total. The third-order valence-electron chi connectivity index (χ3n) is 3.25. The molecule has 0 saturated carbocycles. The first kappa shape index (κ1) is 11.8. The standard InChI is InChI=1S/C14H16O3/c1-3-17-14(16)13(15)11-7-6-10-5-4-9(2)12(10)8-11/h6-9H,3-5H2,1-2H3. The highest BCUT2D eigenvalue weighted by Crippen LogP contribution is 2.33. The van der Waals surface area contributed by atoms with E-state index in [4.69, 9.17) is 4.74 Å². The van der Waals surface area contributed by atoms with Gasteiger partial charge in [0.1, 0.15) is 0 Å². The van der Waals surface area contributed by atoms with E-state index in [0.29, 0.717) is 11.5 Å². The quantitative estimate of drug-likeness (QED) is 0.457. The summed E-state index contributed by atoms with van der Waals surface area (Å²) in [6.45, 7) is 4.06. The van der Waals surface area contributed by atoms with Crippen LogP contribution < -0.4 is 0 Å². The summed E-state index contributed by atoms with van der Waals surface area (Å²) in [4.78, 5) is 23.1. The molecule has 3 nitrogen and oxygen atoms in total. The van der Waals surface area contributed by atoms with Crippen LogP contribution in [0.25, 0.3) is 0 Å². The molecule has 0 bridgehead atoms. The highest BCUT2D eigenvalue weighted by Gasteiger charge is 2.23. The predicted molar refractivity (Wildman–Crippen MR) is 64.1 cm³/mol. The molecule has 90 valence electrons. The lowest BCUT2D eigenvalue weighted by atomic mass is 9.99. The second kappa shape index (κ2) is 4.70. The Bertz CT molecular complexity index is 463. The minimum absolute atomic E-state index is 0.228. The third kappa shape index (κ3) is 2.23. The van der Waals surface area contributed by atoms with Gasteiger partial charge < -0.3 is 4.74 Å². The summed E-state index contributed by atoms with van der Waals surface area (Å²) in [5.41, 5.74) is 2.93. The average molecular weight is 232 g/mol. The number of esters is 1. The van der Waals surface area contributed by atoms with E-state index in [-0.39, 0.29) is 6.61 Å². The van der Waals surface area contributed by atoms with Gasteiger partial charge in [0.2, 0.25) is 0 Å². The number of carbonyl (C=O) groups excluding carboxylic acids is 2. The average Bonchev–Trinajstić information content (AvgIpc) is 2.70. The van der Waals surface area contributed by atoms with Crippen LogP contribution in [-0.2, 0) is 16.0 Å². The number of aryl methyl sites for hydroxylation is 1. The van der Waals surface area contributed by atoms with Crippen LogP contribution in [0.1, 0.15) is 47.7 Å². The van der Waals surface area contributed by atoms with Crippen molar-refractivity contribution in [3.8, 4) is 0 Å². The van der Waals surface area contributed by atoms with Gasteiger partial charge in [0.15, 0.2) is 0 Å². The van der Waals surface area contributed by atoms with E-state index in [1.54, 1.807) is 13.0 Å². The van der Waals surface area contributed by atoms with Crippen molar-refractivity contribution in [2.75, 3.05) is 6.61 Å². The Hall–Kier alpha value is -1.64. The molecule has 1 aliphatic carbocycles. The van der Waals surface area contributed by atoms with Gasteiger partial charge in [0.05, 0.1) is 6.61 Å². The molecule has 0 spiro atoms. The molecule has 1 unspecified atom stereocenters. The van der Waals surface area contributed by atoms with Gasteiger partial charge in [-0.05, 0) is 42.9 Å². The van der Waals surface area contributed by atoms with E-state index in [9.17, 15) is 9.59 Å². The van der Waals surface area contributed by atoms with Crippen molar-refractivity contribution >= 4 is 11.8 Å². The van der Waals surface area contributed by atoms with Crippen LogP contribution in [0.15, 0.2) is 18.2 Å². The van der Waals surface area contributed by atoms with E-state index in [0.717, 1.165) is 12.8 Å². The Morgan fingerprint density at radius 1 is 1.41 bits per heavy atom. The van der Waals surface area contributed by atoms with Gasteiger partial charge in [-0.25, -0.2) is 4.79 Å². The number of Topliss-reactive ketones (excluding diaryl/α,β-unsaturated/α-hetero) is 1. The van der Waals surface area contributed by atoms with Crippen molar-refractivity contribution in [3.63, 3.8) is 0 Å². The molecule has 0 radical (unpaired) electrons. The Balaban J connectivity index is 2.26. The van der Waals surface area contributed by atoms with E-state index in [1.165, 1.54) is 11.1 Å². The number of ketones is 1. The van der Waals surface area contributed by atoms with Gasteiger partial charge in [0, 0.05) is 5.56 Å². The van der Waals surface area contributed by atoms with Crippen molar-refractivity contribution < 1.29 is 14.3 Å². The van der Waals surface area contributed by atoms with E-state index >= 15 is 0 Å². The number of benzene rings is 1. The van der Waals surface area contributed by atoms with Crippen molar-refractivity contribution in [2.45, 2.75) is 32.6 Å². The fraction of sp³-hybridized carbons (Fsp3) is 0.429. The topological polar surface area (TPSA) is 43.4 Å². The lowest BCUT2D eigenvalue weighted by Gasteiger charge is -2.07. The lowest BCUT2D eigenvalue weighted by Crippen LogP contribution is -2.17. The van der Waals surface area contributed by atoms with Crippen molar-refractivity contribution in [2.24, 2.45) is 0 Å². The molecule has 0 fully saturated rings. The van der Waals surface area contributed by atoms with Crippen LogP contribution in [0, 0.1) is 0 Å². The zero-order valence-electron chi connectivity index (χ0n) is 10.2. The smallest absolute Gasteiger partial charge is 0.379 e. The van der Waals surface area contributed by atoms with Crippen molar-refractivity contribution in [1.82, 2.24) is 0 Å². The number of rotatable bonds is 3. The monoisotopic (exact) mass is 232 g/mol. The van der Waals surface area contributed by atoms with Crippen LogP contribution >= 0.6 is 0 Å². The van der Waals surface area contributed by atoms with E-state index < -0.39 is 11.8 Å². The normalized spacial score (nSPS) is 17.6. The van der Waals surface area contributed by atoms with Gasteiger partial charge >= 0.3 is 5.97 Å². The Labute approximate surface area is 101 Å². The molecule has 1 aliphatic rings. The Morgan fingerprint density at radius 3 is 2.88 bits per heavy atom. The zero-order valence-corrected chi connectivity index (χ0v) is 10.2. The summed E-state index contributed by atoms with van der Waals surface area (Å²) in [5, 5.41) is 0. The first-order valence-corrected chi connectivity index (χ1v) is 5.97. The third-order valence-corrected chi connectivity index (χ3v) is 3.25. The molecule has 3 heteroatoms. The van der Waals surface area contributed by atoms with Crippen molar-refractivity contribution in [3.05, 3.63) is 34.9 Å². The van der Waals surface area contributed by atoms with Crippen LogP contribution in [0.4, 0.5) is 0 Å². The van der Waals surface area contributed by atoms with Crippen LogP contribution in [0.2, 0.25) is 0 Å². The van der Waals surface area contributed by atoms with Gasteiger partial charge in [-0.3, -0.25) is 4.79 Å². The highest BCUT2D eigenvalue weighted by atomic mass is 16.5. The second-order valence-corrected chi connectivity index (χ2v) is 4.40. The summed E-state index contributed by atoms with van der Waals surface area (Å²) in [6.07, 6.45) is 2.18. The minimum atomic E-state index is -0.766. The summed E-state index contributed by atoms with van der Waals surface area (Å²) in [6, 6.07) is 5.51. The number of carbonyl (C=O) groups is 2. The molecule has 0 saturated heterocycles. The lowest BCUT2D eigenvalue weighted by molar-refractivity contribution is -0.137. The molecular weight excluding hydrogens is 216 g/mol. The first-order valence-electron chi connectivity index (χ1n) is 5.97.